The van der Waals surface area contributed by atoms with Gasteiger partial charge in [0.05, 0.1) is 19.2 Å². The molecule has 1 fully saturated rings. The monoisotopic (exact) mass is 308 g/mol. The van der Waals surface area contributed by atoms with E-state index in [2.05, 4.69) is 0 Å². The van der Waals surface area contributed by atoms with E-state index in [1.165, 1.54) is 0 Å². The lowest BCUT2D eigenvalue weighted by molar-refractivity contribution is 0.0747. The van der Waals surface area contributed by atoms with Crippen molar-refractivity contribution in [2.45, 2.75) is 25.3 Å². The zero-order chi connectivity index (χ0) is 15.4. The molecule has 1 aromatic carbocycles. The molecule has 0 atom stereocenters. The summed E-state index contributed by atoms with van der Waals surface area (Å²) >= 11 is 4.90. The fraction of sp³-hybridized carbons (Fsp3) is 0.467. The second-order valence-electron chi connectivity index (χ2n) is 5.05. The van der Waals surface area contributed by atoms with Crippen LogP contribution in [0.15, 0.2) is 18.2 Å². The summed E-state index contributed by atoms with van der Waals surface area (Å²) in [6.45, 7) is 0.554. The molecule has 1 amide bonds. The first-order valence-electron chi connectivity index (χ1n) is 6.87. The zero-order valence-corrected chi connectivity index (χ0v) is 13.1. The minimum absolute atomic E-state index is 0.0362. The lowest BCUT2D eigenvalue weighted by Gasteiger charge is -2.22. The molecule has 0 saturated heterocycles. The van der Waals surface area contributed by atoms with Crippen LogP contribution < -0.4 is 15.2 Å². The Balaban J connectivity index is 2.21. The molecular formula is C15H20N2O3S. The van der Waals surface area contributed by atoms with Crippen molar-refractivity contribution in [3.63, 3.8) is 0 Å². The highest BCUT2D eigenvalue weighted by atomic mass is 32.1. The summed E-state index contributed by atoms with van der Waals surface area (Å²) in [5, 5.41) is 0. The Morgan fingerprint density at radius 2 is 1.86 bits per heavy atom. The molecule has 21 heavy (non-hydrogen) atoms. The van der Waals surface area contributed by atoms with Crippen molar-refractivity contribution < 1.29 is 14.3 Å². The van der Waals surface area contributed by atoms with Crippen molar-refractivity contribution in [2.75, 3.05) is 20.8 Å². The van der Waals surface area contributed by atoms with Gasteiger partial charge in [0.1, 0.15) is 11.5 Å². The summed E-state index contributed by atoms with van der Waals surface area (Å²) in [5.74, 6) is 1.16. The maximum atomic E-state index is 12.7. The smallest absolute Gasteiger partial charge is 0.254 e. The maximum absolute atomic E-state index is 12.7. The van der Waals surface area contributed by atoms with Crippen LogP contribution in [0.1, 0.15) is 29.6 Å². The standard InChI is InChI=1S/C15H20N2O3S/c1-19-12-7-10(8-13(9-12)20-2)15(18)17(11-3-4-11)6-5-14(16)21/h7-9,11H,3-6H2,1-2H3,(H2,16,21). The number of methoxy groups -OCH3 is 2. The van der Waals surface area contributed by atoms with Crippen LogP contribution in [0.4, 0.5) is 0 Å². The van der Waals surface area contributed by atoms with E-state index in [1.807, 2.05) is 4.90 Å². The average molecular weight is 308 g/mol. The van der Waals surface area contributed by atoms with Crippen molar-refractivity contribution in [1.82, 2.24) is 4.90 Å². The van der Waals surface area contributed by atoms with Crippen LogP contribution in [0.3, 0.4) is 0 Å². The highest BCUT2D eigenvalue weighted by Crippen LogP contribution is 2.30. The van der Waals surface area contributed by atoms with Crippen molar-refractivity contribution >= 4 is 23.1 Å². The molecular weight excluding hydrogens is 288 g/mol. The molecule has 1 aliphatic rings. The number of rotatable bonds is 7. The number of thiocarbonyl (C=S) groups is 1. The highest BCUT2D eigenvalue weighted by molar-refractivity contribution is 7.80. The Morgan fingerprint density at radius 3 is 2.29 bits per heavy atom. The Kier molecular flexibility index (Phi) is 5.01. The number of amides is 1. The van der Waals surface area contributed by atoms with Crippen molar-refractivity contribution in [2.24, 2.45) is 5.73 Å². The van der Waals surface area contributed by atoms with Crippen LogP contribution in [0, 0.1) is 0 Å². The molecule has 6 heteroatoms. The van der Waals surface area contributed by atoms with Gasteiger partial charge >= 0.3 is 0 Å². The average Bonchev–Trinajstić information content (AvgIpc) is 3.31. The lowest BCUT2D eigenvalue weighted by atomic mass is 10.1. The quantitative estimate of drug-likeness (QED) is 0.780. The Bertz CT molecular complexity index is 521. The van der Waals surface area contributed by atoms with Crippen LogP contribution in [0.2, 0.25) is 0 Å². The number of nitrogens with zero attached hydrogens (tertiary/aromatic N) is 1. The molecule has 114 valence electrons. The van der Waals surface area contributed by atoms with Gasteiger partial charge in [0.25, 0.3) is 5.91 Å². The van der Waals surface area contributed by atoms with Crippen LogP contribution in [0.25, 0.3) is 0 Å². The molecule has 0 unspecified atom stereocenters. The molecule has 0 bridgehead atoms. The molecule has 1 aliphatic carbocycles. The van der Waals surface area contributed by atoms with Crippen LogP contribution in [0.5, 0.6) is 11.5 Å². The number of benzene rings is 1. The molecule has 5 nitrogen and oxygen atoms in total. The highest BCUT2D eigenvalue weighted by Gasteiger charge is 2.33. The summed E-state index contributed by atoms with van der Waals surface area (Å²) in [5.41, 5.74) is 6.10. The van der Waals surface area contributed by atoms with E-state index in [0.29, 0.717) is 41.1 Å². The second kappa shape index (κ2) is 6.76. The SMILES string of the molecule is COc1cc(OC)cc(C(=O)N(CCC(N)=S)C2CC2)c1. The van der Waals surface area contributed by atoms with E-state index >= 15 is 0 Å². The van der Waals surface area contributed by atoms with Gasteiger partial charge < -0.3 is 20.1 Å². The van der Waals surface area contributed by atoms with Gasteiger partial charge in [-0.1, -0.05) is 12.2 Å². The third-order valence-corrected chi connectivity index (χ3v) is 3.65. The van der Waals surface area contributed by atoms with Gasteiger partial charge in [0, 0.05) is 30.6 Å². The fourth-order valence-corrected chi connectivity index (χ4v) is 2.25. The predicted molar refractivity (Wildman–Crippen MR) is 85.0 cm³/mol. The minimum Gasteiger partial charge on any atom is -0.497 e. The molecule has 2 N–H and O–H groups in total. The molecule has 0 radical (unpaired) electrons. The van der Waals surface area contributed by atoms with E-state index in [-0.39, 0.29) is 5.91 Å². The van der Waals surface area contributed by atoms with Gasteiger partial charge in [-0.3, -0.25) is 4.79 Å². The first-order valence-corrected chi connectivity index (χ1v) is 7.28. The molecule has 0 heterocycles. The van der Waals surface area contributed by atoms with E-state index in [4.69, 9.17) is 27.4 Å². The topological polar surface area (TPSA) is 64.8 Å². The first kappa shape index (κ1) is 15.6. The molecule has 1 aromatic rings. The van der Waals surface area contributed by atoms with Gasteiger partial charge in [0.2, 0.25) is 0 Å². The van der Waals surface area contributed by atoms with Crippen molar-refractivity contribution in [3.05, 3.63) is 23.8 Å². The molecule has 0 aliphatic heterocycles. The number of hydrogen-bond donors (Lipinski definition) is 1. The van der Waals surface area contributed by atoms with Gasteiger partial charge in [0.15, 0.2) is 0 Å². The zero-order valence-electron chi connectivity index (χ0n) is 12.3. The number of hydrogen-bond acceptors (Lipinski definition) is 4. The van der Waals surface area contributed by atoms with Gasteiger partial charge in [-0.05, 0) is 25.0 Å². The van der Waals surface area contributed by atoms with E-state index < -0.39 is 0 Å². The normalized spacial score (nSPS) is 13.6. The number of carbonyl (C=O) groups excluding carboxylic acids is 1. The van der Waals surface area contributed by atoms with Gasteiger partial charge in [-0.25, -0.2) is 0 Å². The minimum atomic E-state index is -0.0362. The third kappa shape index (κ3) is 4.07. The lowest BCUT2D eigenvalue weighted by Crippen LogP contribution is -2.35. The van der Waals surface area contributed by atoms with Crippen LogP contribution in [-0.4, -0.2) is 42.6 Å². The van der Waals surface area contributed by atoms with E-state index in [1.54, 1.807) is 32.4 Å². The van der Waals surface area contributed by atoms with Crippen LogP contribution >= 0.6 is 12.2 Å². The maximum Gasteiger partial charge on any atom is 0.254 e. The number of nitrogens with two attached hydrogens (primary N) is 1. The first-order chi connectivity index (χ1) is 10.0. The molecule has 1 saturated carbocycles. The fourth-order valence-electron chi connectivity index (χ4n) is 2.16. The van der Waals surface area contributed by atoms with Crippen LogP contribution in [-0.2, 0) is 0 Å². The summed E-state index contributed by atoms with van der Waals surface area (Å²) < 4.78 is 10.4. The molecule has 0 spiro atoms. The Labute approximate surface area is 130 Å². The Morgan fingerprint density at radius 1 is 1.29 bits per heavy atom. The number of ether oxygens (including phenoxy) is 2. The summed E-state index contributed by atoms with van der Waals surface area (Å²) in [6.07, 6.45) is 2.60. The summed E-state index contributed by atoms with van der Waals surface area (Å²) in [7, 11) is 3.13. The Hall–Kier alpha value is -1.82. The summed E-state index contributed by atoms with van der Waals surface area (Å²) in [4.78, 5) is 15.0. The summed E-state index contributed by atoms with van der Waals surface area (Å²) in [6, 6.07) is 5.49. The van der Waals surface area contributed by atoms with E-state index in [0.717, 1.165) is 12.8 Å². The third-order valence-electron chi connectivity index (χ3n) is 3.45. The van der Waals surface area contributed by atoms with Crippen molar-refractivity contribution in [3.8, 4) is 11.5 Å². The molecule has 0 aromatic heterocycles. The largest absolute Gasteiger partial charge is 0.497 e. The predicted octanol–water partition coefficient (Wildman–Crippen LogP) is 1.98. The van der Waals surface area contributed by atoms with Gasteiger partial charge in [-0.2, -0.15) is 0 Å². The second-order valence-corrected chi connectivity index (χ2v) is 5.57. The number of carbonyl (C=O) groups is 1. The van der Waals surface area contributed by atoms with Gasteiger partial charge in [-0.15, -0.1) is 0 Å². The van der Waals surface area contributed by atoms with Crippen molar-refractivity contribution in [1.29, 1.82) is 0 Å². The molecule has 2 rings (SSSR count). The van der Waals surface area contributed by atoms with E-state index in [9.17, 15) is 4.79 Å².